The highest BCUT2D eigenvalue weighted by Gasteiger charge is 2.44. The zero-order valence-electron chi connectivity index (χ0n) is 18.8. The fourth-order valence-electron chi connectivity index (χ4n) is 4.31. The summed E-state index contributed by atoms with van der Waals surface area (Å²) in [6.45, 7) is 11.2. The van der Waals surface area contributed by atoms with Crippen LogP contribution < -0.4 is 5.30 Å². The highest BCUT2D eigenvalue weighted by molar-refractivity contribution is 14.0. The minimum Gasteiger partial charge on any atom is -0.302 e. The Hall–Kier alpha value is -2.04. The topological polar surface area (TPSA) is 51.2 Å². The lowest BCUT2D eigenvalue weighted by atomic mass is 10.0. The van der Waals surface area contributed by atoms with Crippen LogP contribution in [0.4, 0.5) is 0 Å². The van der Waals surface area contributed by atoms with Gasteiger partial charge in [-0.05, 0) is 63.8 Å². The summed E-state index contributed by atoms with van der Waals surface area (Å²) in [6, 6.07) is 16.0. The summed E-state index contributed by atoms with van der Waals surface area (Å²) >= 11 is 0. The molecule has 0 bridgehead atoms. The van der Waals surface area contributed by atoms with Crippen LogP contribution in [0.2, 0.25) is 0 Å². The van der Waals surface area contributed by atoms with Gasteiger partial charge in [-0.25, -0.2) is 0 Å². The van der Waals surface area contributed by atoms with E-state index >= 15 is 0 Å². The molecule has 0 N–H and O–H groups in total. The number of rotatable bonds is 5. The molecule has 0 amide bonds. The molecule has 3 nitrogen and oxygen atoms in total. The van der Waals surface area contributed by atoms with E-state index in [1.807, 2.05) is 65.8 Å². The van der Waals surface area contributed by atoms with Gasteiger partial charge >= 0.3 is 0 Å². The zero-order chi connectivity index (χ0) is 22.2. The van der Waals surface area contributed by atoms with Crippen LogP contribution >= 0.6 is 31.1 Å². The van der Waals surface area contributed by atoms with Crippen molar-refractivity contribution in [2.45, 2.75) is 41.5 Å². The maximum absolute atomic E-state index is 14.5. The highest BCUT2D eigenvalue weighted by Crippen LogP contribution is 2.52. The molecular formula is C26H28IO3P. The third kappa shape index (κ3) is 4.61. The van der Waals surface area contributed by atoms with Crippen LogP contribution in [0, 0.1) is 41.5 Å². The van der Waals surface area contributed by atoms with Gasteiger partial charge in [-0.1, -0.05) is 65.7 Å². The van der Waals surface area contributed by atoms with Crippen molar-refractivity contribution in [3.05, 3.63) is 99.1 Å². The average Bonchev–Trinajstić information content (AvgIpc) is 2.66. The second kappa shape index (κ2) is 9.62. The molecule has 0 aliphatic carbocycles. The molecule has 3 aromatic rings. The molecule has 5 heteroatoms. The van der Waals surface area contributed by atoms with Crippen molar-refractivity contribution in [3.63, 3.8) is 0 Å². The summed E-state index contributed by atoms with van der Waals surface area (Å²) in [5.41, 5.74) is 4.56. The molecule has 0 aromatic heterocycles. The molecule has 0 saturated heterocycles. The molecule has 162 valence electrons. The summed E-state index contributed by atoms with van der Waals surface area (Å²) < 4.78 is 14.5. The van der Waals surface area contributed by atoms with E-state index in [4.69, 9.17) is 0 Å². The van der Waals surface area contributed by atoms with Gasteiger partial charge in [0.05, 0.1) is 0 Å². The summed E-state index contributed by atoms with van der Waals surface area (Å²) in [6.07, 6.45) is 0. The molecule has 0 fully saturated rings. The second-order valence-electron chi connectivity index (χ2n) is 8.10. The van der Waals surface area contributed by atoms with Gasteiger partial charge in [-0.2, -0.15) is 0 Å². The average molecular weight is 546 g/mol. The molecule has 0 aliphatic heterocycles. The van der Waals surface area contributed by atoms with E-state index in [1.165, 1.54) is 0 Å². The first-order valence-electron chi connectivity index (χ1n) is 9.98. The lowest BCUT2D eigenvalue weighted by Crippen LogP contribution is -2.23. The molecule has 0 saturated carbocycles. The van der Waals surface area contributed by atoms with E-state index < -0.39 is 18.2 Å². The largest absolute Gasteiger partial charge is 0.302 e. The number of aryl methyl sites for hydroxylation is 6. The van der Waals surface area contributed by atoms with E-state index in [0.717, 1.165) is 33.4 Å². The molecule has 0 atom stereocenters. The van der Waals surface area contributed by atoms with Crippen LogP contribution in [0.15, 0.2) is 54.6 Å². The normalized spacial score (nSPS) is 11.0. The molecule has 0 unspecified atom stereocenters. The number of halogens is 1. The quantitative estimate of drug-likeness (QED) is 0.261. The number of hydrogen-bond donors (Lipinski definition) is 0. The lowest BCUT2D eigenvalue weighted by molar-refractivity contribution is 0.104. The smallest absolute Gasteiger partial charge is 0.248 e. The van der Waals surface area contributed by atoms with Crippen molar-refractivity contribution < 1.29 is 14.2 Å². The third-order valence-electron chi connectivity index (χ3n) is 5.47. The Bertz CT molecular complexity index is 1090. The molecular weight excluding hydrogens is 518 g/mol. The van der Waals surface area contributed by atoms with E-state index in [1.54, 1.807) is 30.3 Å². The van der Waals surface area contributed by atoms with Gasteiger partial charge in [-0.3, -0.25) is 9.59 Å². The van der Waals surface area contributed by atoms with Gasteiger partial charge in [0.15, 0.2) is 0 Å². The van der Waals surface area contributed by atoms with Crippen LogP contribution in [-0.2, 0) is 4.57 Å². The maximum atomic E-state index is 14.5. The number of hydrogen-bond acceptors (Lipinski definition) is 3. The van der Waals surface area contributed by atoms with Gasteiger partial charge in [-0.15, -0.1) is 24.0 Å². The van der Waals surface area contributed by atoms with Crippen LogP contribution in [-0.4, -0.2) is 11.0 Å². The first-order valence-corrected chi connectivity index (χ1v) is 11.7. The third-order valence-corrected chi connectivity index (χ3v) is 8.09. The van der Waals surface area contributed by atoms with Gasteiger partial charge in [0.2, 0.25) is 18.2 Å². The Kier molecular flexibility index (Phi) is 7.83. The zero-order valence-corrected chi connectivity index (χ0v) is 22.0. The van der Waals surface area contributed by atoms with Crippen LogP contribution in [0.3, 0.4) is 0 Å². The lowest BCUT2D eigenvalue weighted by Gasteiger charge is -2.21. The molecule has 31 heavy (non-hydrogen) atoms. The molecule has 0 aliphatic rings. The maximum Gasteiger partial charge on any atom is 0.248 e. The fourth-order valence-corrected chi connectivity index (χ4v) is 6.89. The Morgan fingerprint density at radius 3 is 1.26 bits per heavy atom. The number of benzene rings is 3. The Balaban J connectivity index is 0.00000341. The summed E-state index contributed by atoms with van der Waals surface area (Å²) in [5, 5.41) is 0.277. The van der Waals surface area contributed by atoms with Crippen molar-refractivity contribution in [2.75, 3.05) is 0 Å². The minimum absolute atomic E-state index is 0. The van der Waals surface area contributed by atoms with E-state index in [0.29, 0.717) is 11.1 Å². The standard InChI is InChI=1S/C26H27O3P.HI/c1-16-12-18(3)23(19(4)13-16)25(27)30(29,22-10-8-7-9-11-22)26(28)24-20(5)14-17(2)15-21(24)6;/h7-15H,1-6H3;1H. The first-order chi connectivity index (χ1) is 14.1. The van der Waals surface area contributed by atoms with Crippen molar-refractivity contribution in [2.24, 2.45) is 0 Å². The summed E-state index contributed by atoms with van der Waals surface area (Å²) in [4.78, 5) is 27.7. The van der Waals surface area contributed by atoms with Gasteiger partial charge in [0.1, 0.15) is 0 Å². The van der Waals surface area contributed by atoms with Crippen LogP contribution in [0.1, 0.15) is 54.1 Å². The predicted octanol–water partition coefficient (Wildman–Crippen LogP) is 6.82. The second-order valence-corrected chi connectivity index (χ2v) is 10.6. The fraction of sp³-hybridized carbons (Fsp3) is 0.231. The van der Waals surface area contributed by atoms with E-state index in [9.17, 15) is 14.2 Å². The van der Waals surface area contributed by atoms with Crippen LogP contribution in [0.5, 0.6) is 0 Å². The van der Waals surface area contributed by atoms with Crippen molar-refractivity contribution >= 4 is 47.5 Å². The number of carbonyl (C=O) groups excluding carboxylic acids is 2. The van der Waals surface area contributed by atoms with E-state index in [-0.39, 0.29) is 29.3 Å². The van der Waals surface area contributed by atoms with Crippen molar-refractivity contribution in [1.29, 1.82) is 0 Å². The van der Waals surface area contributed by atoms with Gasteiger partial charge in [0, 0.05) is 16.4 Å². The molecule has 0 spiro atoms. The highest BCUT2D eigenvalue weighted by atomic mass is 127. The Morgan fingerprint density at radius 2 is 0.935 bits per heavy atom. The van der Waals surface area contributed by atoms with Crippen LogP contribution in [0.25, 0.3) is 0 Å². The predicted molar refractivity (Wildman–Crippen MR) is 139 cm³/mol. The molecule has 3 rings (SSSR count). The van der Waals surface area contributed by atoms with Crippen molar-refractivity contribution in [1.82, 2.24) is 0 Å². The number of carbonyl (C=O) groups is 2. The molecule has 3 aromatic carbocycles. The summed E-state index contributed by atoms with van der Waals surface area (Å²) in [7, 11) is -4.11. The minimum atomic E-state index is -4.11. The monoisotopic (exact) mass is 546 g/mol. The summed E-state index contributed by atoms with van der Waals surface area (Å²) in [5.74, 6) is 0. The van der Waals surface area contributed by atoms with Crippen molar-refractivity contribution in [3.8, 4) is 0 Å². The van der Waals surface area contributed by atoms with Gasteiger partial charge < -0.3 is 4.57 Å². The first kappa shape index (κ1) is 25.2. The van der Waals surface area contributed by atoms with Gasteiger partial charge in [0.25, 0.3) is 0 Å². The Labute approximate surface area is 201 Å². The molecule has 0 radical (unpaired) electrons. The Morgan fingerprint density at radius 1 is 0.613 bits per heavy atom. The van der Waals surface area contributed by atoms with E-state index in [2.05, 4.69) is 0 Å². The SMILES string of the molecule is Cc1cc(C)c(C(=O)P(=O)(C(=O)c2c(C)cc(C)cc2C)c2ccccc2)c(C)c1.I. The molecule has 0 heterocycles.